The molecule has 0 saturated carbocycles. The fourth-order valence-corrected chi connectivity index (χ4v) is 1.74. The van der Waals surface area contributed by atoms with Crippen molar-refractivity contribution >= 4 is 22.6 Å². The van der Waals surface area contributed by atoms with Crippen LogP contribution in [0.2, 0.25) is 5.02 Å². The molecule has 3 N–H and O–H groups in total. The van der Waals surface area contributed by atoms with Crippen molar-refractivity contribution in [3.8, 4) is 0 Å². The van der Waals surface area contributed by atoms with E-state index >= 15 is 0 Å². The number of hydrogen-bond acceptors (Lipinski definition) is 2. The van der Waals surface area contributed by atoms with E-state index in [1.54, 1.807) is 6.33 Å². The number of nitrogens with one attached hydrogen (secondary N) is 1. The quantitative estimate of drug-likeness (QED) is 0.814. The highest BCUT2D eigenvalue weighted by atomic mass is 35.5. The van der Waals surface area contributed by atoms with Crippen molar-refractivity contribution in [1.82, 2.24) is 9.97 Å². The van der Waals surface area contributed by atoms with E-state index in [1.807, 2.05) is 12.1 Å². The van der Waals surface area contributed by atoms with Crippen LogP contribution in [0, 0.1) is 0 Å². The highest BCUT2D eigenvalue weighted by Crippen LogP contribution is 2.22. The maximum absolute atomic E-state index is 6.10. The lowest BCUT2D eigenvalue weighted by Gasteiger charge is -2.02. The van der Waals surface area contributed by atoms with E-state index in [-0.39, 0.29) is 0 Å². The van der Waals surface area contributed by atoms with Crippen LogP contribution >= 0.6 is 11.6 Å². The molecule has 3 nitrogen and oxygen atoms in total. The first-order chi connectivity index (χ1) is 6.81. The Hall–Kier alpha value is -1.06. The average molecular weight is 210 g/mol. The van der Waals surface area contributed by atoms with E-state index in [2.05, 4.69) is 9.97 Å². The second-order valence-electron chi connectivity index (χ2n) is 3.26. The first-order valence-electron chi connectivity index (χ1n) is 4.63. The van der Waals surface area contributed by atoms with Crippen LogP contribution in [0.25, 0.3) is 11.0 Å². The van der Waals surface area contributed by atoms with E-state index < -0.39 is 0 Å². The predicted octanol–water partition coefficient (Wildman–Crippen LogP) is 2.11. The number of benzene rings is 1. The van der Waals surface area contributed by atoms with Gasteiger partial charge in [0.1, 0.15) is 0 Å². The van der Waals surface area contributed by atoms with Gasteiger partial charge in [0.25, 0.3) is 0 Å². The van der Waals surface area contributed by atoms with Crippen molar-refractivity contribution in [1.29, 1.82) is 0 Å². The molecule has 0 aliphatic rings. The summed E-state index contributed by atoms with van der Waals surface area (Å²) in [7, 11) is 0. The molecule has 4 heteroatoms. The van der Waals surface area contributed by atoms with Crippen molar-refractivity contribution in [3.05, 3.63) is 29.0 Å². The summed E-state index contributed by atoms with van der Waals surface area (Å²) in [6.45, 7) is 0.692. The topological polar surface area (TPSA) is 54.7 Å². The number of fused-ring (bicyclic) bond motifs is 1. The molecule has 0 bridgehead atoms. The first-order valence-corrected chi connectivity index (χ1v) is 5.00. The van der Waals surface area contributed by atoms with Crippen LogP contribution < -0.4 is 5.73 Å². The van der Waals surface area contributed by atoms with Crippen LogP contribution in [0.4, 0.5) is 0 Å². The van der Waals surface area contributed by atoms with Crippen molar-refractivity contribution in [3.63, 3.8) is 0 Å². The smallest absolute Gasteiger partial charge is 0.0931 e. The van der Waals surface area contributed by atoms with E-state index in [0.29, 0.717) is 6.54 Å². The molecule has 1 heterocycles. The molecule has 0 aliphatic carbocycles. The lowest BCUT2D eigenvalue weighted by atomic mass is 10.1. The standard InChI is InChI=1S/C10H12ClN3/c11-8-5-10-9(13-6-14-10)4-7(8)2-1-3-12/h4-6H,1-3,12H2,(H,13,14). The van der Waals surface area contributed by atoms with Crippen LogP contribution in [0.1, 0.15) is 12.0 Å². The molecule has 2 rings (SSSR count). The van der Waals surface area contributed by atoms with Gasteiger partial charge in [0.05, 0.1) is 17.4 Å². The first kappa shape index (κ1) is 9.49. The van der Waals surface area contributed by atoms with Gasteiger partial charge in [0.2, 0.25) is 0 Å². The molecule has 0 radical (unpaired) electrons. The lowest BCUT2D eigenvalue weighted by Crippen LogP contribution is -2.00. The summed E-state index contributed by atoms with van der Waals surface area (Å²) < 4.78 is 0. The molecule has 0 spiro atoms. The normalized spacial score (nSPS) is 11.0. The molecule has 1 aromatic heterocycles. The number of halogens is 1. The number of aromatic nitrogens is 2. The van der Waals surface area contributed by atoms with E-state index in [1.165, 1.54) is 0 Å². The number of aryl methyl sites for hydroxylation is 1. The number of hydrogen-bond donors (Lipinski definition) is 2. The number of H-pyrrole nitrogens is 1. The minimum atomic E-state index is 0.692. The Labute approximate surface area is 87.3 Å². The molecule has 74 valence electrons. The van der Waals surface area contributed by atoms with Crippen LogP contribution in [0.3, 0.4) is 0 Å². The molecular weight excluding hydrogens is 198 g/mol. The number of rotatable bonds is 3. The van der Waals surface area contributed by atoms with Gasteiger partial charge in [-0.2, -0.15) is 0 Å². The minimum Gasteiger partial charge on any atom is -0.345 e. The Kier molecular flexibility index (Phi) is 2.70. The maximum Gasteiger partial charge on any atom is 0.0931 e. The largest absolute Gasteiger partial charge is 0.345 e. The molecule has 0 amide bonds. The predicted molar refractivity (Wildman–Crippen MR) is 58.5 cm³/mol. The number of imidazole rings is 1. The Bertz CT molecular complexity index is 436. The van der Waals surface area contributed by atoms with Gasteiger partial charge >= 0.3 is 0 Å². The van der Waals surface area contributed by atoms with Crippen LogP contribution in [0.15, 0.2) is 18.5 Å². The summed E-state index contributed by atoms with van der Waals surface area (Å²) in [6.07, 6.45) is 3.55. The SMILES string of the molecule is NCCCc1cc2[nH]cnc2cc1Cl. The number of aromatic amines is 1. The highest BCUT2D eigenvalue weighted by molar-refractivity contribution is 6.32. The van der Waals surface area contributed by atoms with Crippen molar-refractivity contribution in [2.75, 3.05) is 6.54 Å². The van der Waals surface area contributed by atoms with Crippen LogP contribution in [-0.2, 0) is 6.42 Å². The fraction of sp³-hybridized carbons (Fsp3) is 0.300. The summed E-state index contributed by atoms with van der Waals surface area (Å²) >= 11 is 6.10. The van der Waals surface area contributed by atoms with E-state index in [0.717, 1.165) is 34.5 Å². The average Bonchev–Trinajstić information content (AvgIpc) is 2.61. The highest BCUT2D eigenvalue weighted by Gasteiger charge is 2.04. The van der Waals surface area contributed by atoms with Crippen molar-refractivity contribution < 1.29 is 0 Å². The molecule has 14 heavy (non-hydrogen) atoms. The zero-order valence-corrected chi connectivity index (χ0v) is 8.51. The molecule has 1 aromatic carbocycles. The van der Waals surface area contributed by atoms with Gasteiger partial charge in [-0.25, -0.2) is 4.98 Å². The zero-order chi connectivity index (χ0) is 9.97. The molecular formula is C10H12ClN3. The van der Waals surface area contributed by atoms with Crippen LogP contribution in [-0.4, -0.2) is 16.5 Å². The van der Waals surface area contributed by atoms with Gasteiger partial charge in [-0.15, -0.1) is 0 Å². The molecule has 0 fully saturated rings. The molecule has 0 aliphatic heterocycles. The lowest BCUT2D eigenvalue weighted by molar-refractivity contribution is 0.833. The monoisotopic (exact) mass is 209 g/mol. The Morgan fingerprint density at radius 3 is 3.07 bits per heavy atom. The van der Waals surface area contributed by atoms with Gasteiger partial charge in [-0.05, 0) is 37.1 Å². The van der Waals surface area contributed by atoms with Crippen molar-refractivity contribution in [2.24, 2.45) is 5.73 Å². The van der Waals surface area contributed by atoms with Gasteiger partial charge < -0.3 is 10.7 Å². The van der Waals surface area contributed by atoms with E-state index in [9.17, 15) is 0 Å². The molecule has 0 saturated heterocycles. The number of nitrogens with two attached hydrogens (primary N) is 1. The summed E-state index contributed by atoms with van der Waals surface area (Å²) in [4.78, 5) is 7.20. The van der Waals surface area contributed by atoms with Gasteiger partial charge in [-0.1, -0.05) is 11.6 Å². The van der Waals surface area contributed by atoms with Crippen LogP contribution in [0.5, 0.6) is 0 Å². The Morgan fingerprint density at radius 1 is 1.43 bits per heavy atom. The third kappa shape index (κ3) is 1.74. The zero-order valence-electron chi connectivity index (χ0n) is 7.76. The maximum atomic E-state index is 6.10. The molecule has 0 unspecified atom stereocenters. The summed E-state index contributed by atoms with van der Waals surface area (Å²) in [5, 5.41) is 0.776. The van der Waals surface area contributed by atoms with Gasteiger partial charge in [-0.3, -0.25) is 0 Å². The fourth-order valence-electron chi connectivity index (χ4n) is 1.49. The second kappa shape index (κ2) is 3.98. The Morgan fingerprint density at radius 2 is 2.29 bits per heavy atom. The van der Waals surface area contributed by atoms with Gasteiger partial charge in [0, 0.05) is 5.02 Å². The summed E-state index contributed by atoms with van der Waals surface area (Å²) in [6, 6.07) is 3.93. The Balaban J connectivity index is 2.38. The third-order valence-electron chi connectivity index (χ3n) is 2.24. The summed E-state index contributed by atoms with van der Waals surface area (Å²) in [5.74, 6) is 0. The minimum absolute atomic E-state index is 0.692. The van der Waals surface area contributed by atoms with Crippen molar-refractivity contribution in [2.45, 2.75) is 12.8 Å². The third-order valence-corrected chi connectivity index (χ3v) is 2.59. The van der Waals surface area contributed by atoms with E-state index in [4.69, 9.17) is 17.3 Å². The second-order valence-corrected chi connectivity index (χ2v) is 3.66. The number of nitrogens with zero attached hydrogens (tertiary/aromatic N) is 1. The molecule has 0 atom stereocenters. The molecule has 2 aromatic rings. The summed E-state index contributed by atoms with van der Waals surface area (Å²) in [5.41, 5.74) is 8.53. The van der Waals surface area contributed by atoms with Gasteiger partial charge in [0.15, 0.2) is 0 Å².